The van der Waals surface area contributed by atoms with E-state index in [1.807, 2.05) is 0 Å². The number of aromatic amines is 1. The number of nitrogens with one attached hydrogen (secondary N) is 1. The maximum atomic E-state index is 10.4. The highest BCUT2D eigenvalue weighted by Gasteiger charge is 2.00. The summed E-state index contributed by atoms with van der Waals surface area (Å²) >= 11 is 0. The fraction of sp³-hybridized carbons (Fsp3) is 0. The summed E-state index contributed by atoms with van der Waals surface area (Å²) in [5, 5.41) is 10.4. The molecule has 0 unspecified atom stereocenters. The number of nitrogens with zero attached hydrogens (tertiary/aromatic N) is 1. The molecule has 48 valence electrons. The first-order valence-corrected chi connectivity index (χ1v) is 2.22. The molecule has 0 aromatic carbocycles. The molecule has 5 nitrogen and oxygen atoms in total. The van der Waals surface area contributed by atoms with Crippen molar-refractivity contribution in [2.45, 2.75) is 0 Å². The first-order chi connectivity index (χ1) is 4.22. The van der Waals surface area contributed by atoms with Crippen LogP contribution >= 0.6 is 0 Å². The molecule has 0 saturated carbocycles. The third-order valence-electron chi connectivity index (χ3n) is 0.851. The van der Waals surface area contributed by atoms with E-state index in [1.165, 1.54) is 0 Å². The standard InChI is InChI=1S/C4H5N3O2/c5-3(8)2-4(9)7-1-6-2/h1,9H,(H2,5,8)(H,6,7)/p-1. The van der Waals surface area contributed by atoms with Crippen LogP contribution in [0.2, 0.25) is 0 Å². The van der Waals surface area contributed by atoms with Crippen molar-refractivity contribution >= 4 is 5.91 Å². The van der Waals surface area contributed by atoms with E-state index in [1.54, 1.807) is 0 Å². The summed E-state index contributed by atoms with van der Waals surface area (Å²) in [6.45, 7) is 0. The predicted molar refractivity (Wildman–Crippen MR) is 26.6 cm³/mol. The highest BCUT2D eigenvalue weighted by molar-refractivity contribution is 5.92. The van der Waals surface area contributed by atoms with Crippen molar-refractivity contribution < 1.29 is 9.90 Å². The van der Waals surface area contributed by atoms with Gasteiger partial charge in [-0.1, -0.05) is 0 Å². The molecule has 1 amide bonds. The average Bonchev–Trinajstić information content (AvgIpc) is 2.13. The van der Waals surface area contributed by atoms with Crippen LogP contribution in [0.5, 0.6) is 5.88 Å². The van der Waals surface area contributed by atoms with Gasteiger partial charge in [0.15, 0.2) is 0 Å². The van der Waals surface area contributed by atoms with E-state index in [4.69, 9.17) is 5.73 Å². The van der Waals surface area contributed by atoms with Crippen molar-refractivity contribution in [1.29, 1.82) is 0 Å². The molecule has 3 N–H and O–H groups in total. The molecule has 0 aliphatic heterocycles. The number of hydrogen-bond acceptors (Lipinski definition) is 3. The van der Waals surface area contributed by atoms with Crippen molar-refractivity contribution in [3.05, 3.63) is 12.0 Å². The summed E-state index contributed by atoms with van der Waals surface area (Å²) < 4.78 is 0. The van der Waals surface area contributed by atoms with Crippen LogP contribution in [0.4, 0.5) is 0 Å². The van der Waals surface area contributed by atoms with E-state index in [9.17, 15) is 9.90 Å². The van der Waals surface area contributed by atoms with E-state index in [2.05, 4.69) is 9.97 Å². The number of H-pyrrole nitrogens is 1. The Hall–Kier alpha value is -1.52. The molecule has 0 aliphatic rings. The minimum atomic E-state index is -0.780. The second-order valence-electron chi connectivity index (χ2n) is 1.45. The van der Waals surface area contributed by atoms with Crippen LogP contribution in [-0.4, -0.2) is 15.9 Å². The summed E-state index contributed by atoms with van der Waals surface area (Å²) in [7, 11) is 0. The highest BCUT2D eigenvalue weighted by atomic mass is 16.3. The van der Waals surface area contributed by atoms with Gasteiger partial charge in [0.05, 0.1) is 6.33 Å². The van der Waals surface area contributed by atoms with Crippen LogP contribution in [0.3, 0.4) is 0 Å². The van der Waals surface area contributed by atoms with Crippen molar-refractivity contribution in [3.63, 3.8) is 0 Å². The van der Waals surface area contributed by atoms with Gasteiger partial charge in [0.2, 0.25) is 0 Å². The number of carbonyl (C=O) groups is 1. The van der Waals surface area contributed by atoms with Crippen molar-refractivity contribution in [1.82, 2.24) is 9.97 Å². The van der Waals surface area contributed by atoms with Gasteiger partial charge in [-0.25, -0.2) is 0 Å². The quantitative estimate of drug-likeness (QED) is 0.483. The smallest absolute Gasteiger partial charge is 0.266 e. The number of aromatic nitrogens is 2. The number of amides is 1. The van der Waals surface area contributed by atoms with Crippen molar-refractivity contribution in [2.24, 2.45) is 5.73 Å². The lowest BCUT2D eigenvalue weighted by molar-refractivity contribution is -0.274. The molecule has 1 aromatic heterocycles. The molecule has 9 heavy (non-hydrogen) atoms. The zero-order valence-electron chi connectivity index (χ0n) is 4.42. The Labute approximate surface area is 50.5 Å². The minimum Gasteiger partial charge on any atom is -0.857 e. The highest BCUT2D eigenvalue weighted by Crippen LogP contribution is 2.02. The van der Waals surface area contributed by atoms with E-state index in [0.717, 1.165) is 6.33 Å². The number of hydrogen-bond donors (Lipinski definition) is 2. The van der Waals surface area contributed by atoms with E-state index < -0.39 is 11.8 Å². The summed E-state index contributed by atoms with van der Waals surface area (Å²) in [6.07, 6.45) is 1.13. The summed E-state index contributed by atoms with van der Waals surface area (Å²) in [4.78, 5) is 15.8. The van der Waals surface area contributed by atoms with Gasteiger partial charge in [0.25, 0.3) is 5.91 Å². The molecular weight excluding hydrogens is 122 g/mol. The molecule has 1 rings (SSSR count). The van der Waals surface area contributed by atoms with Gasteiger partial charge in [0.1, 0.15) is 5.69 Å². The van der Waals surface area contributed by atoms with Crippen LogP contribution < -0.4 is 10.8 Å². The van der Waals surface area contributed by atoms with Gasteiger partial charge in [-0.3, -0.25) is 9.78 Å². The normalized spacial score (nSPS) is 9.33. The van der Waals surface area contributed by atoms with Crippen LogP contribution in [0.25, 0.3) is 0 Å². The monoisotopic (exact) mass is 126 g/mol. The van der Waals surface area contributed by atoms with Gasteiger partial charge in [-0.15, -0.1) is 0 Å². The molecule has 0 fully saturated rings. The first kappa shape index (κ1) is 5.61. The molecule has 5 heteroatoms. The number of primary amides is 1. The fourth-order valence-corrected chi connectivity index (χ4v) is 0.458. The maximum Gasteiger partial charge on any atom is 0.266 e. The predicted octanol–water partition coefficient (Wildman–Crippen LogP) is -1.42. The lowest BCUT2D eigenvalue weighted by Gasteiger charge is -1.98. The third kappa shape index (κ3) is 0.835. The van der Waals surface area contributed by atoms with Gasteiger partial charge < -0.3 is 15.8 Å². The lowest BCUT2D eigenvalue weighted by atomic mass is 10.4. The Morgan fingerprint density at radius 2 is 2.56 bits per heavy atom. The van der Waals surface area contributed by atoms with Gasteiger partial charge in [-0.2, -0.15) is 0 Å². The number of carbonyl (C=O) groups excluding carboxylic acids is 1. The number of rotatable bonds is 1. The molecular formula is C4H4N3O2-. The summed E-state index contributed by atoms with van der Waals surface area (Å²) in [6, 6.07) is 0. The Bertz CT molecular complexity index is 229. The molecule has 1 heterocycles. The molecule has 0 radical (unpaired) electrons. The van der Waals surface area contributed by atoms with E-state index in [-0.39, 0.29) is 5.69 Å². The molecule has 1 aromatic rings. The van der Waals surface area contributed by atoms with Crippen LogP contribution in [-0.2, 0) is 0 Å². The van der Waals surface area contributed by atoms with Crippen LogP contribution in [0, 0.1) is 0 Å². The average molecular weight is 126 g/mol. The second-order valence-corrected chi connectivity index (χ2v) is 1.45. The van der Waals surface area contributed by atoms with Gasteiger partial charge >= 0.3 is 0 Å². The number of imidazole rings is 1. The zero-order valence-corrected chi connectivity index (χ0v) is 4.42. The SMILES string of the molecule is NC(=O)c1[nH]cnc1[O-]. The molecule has 0 spiro atoms. The Morgan fingerprint density at radius 3 is 2.78 bits per heavy atom. The molecule has 0 atom stereocenters. The Balaban J connectivity index is 3.08. The fourth-order valence-electron chi connectivity index (χ4n) is 0.458. The van der Waals surface area contributed by atoms with Crippen molar-refractivity contribution in [2.75, 3.05) is 0 Å². The van der Waals surface area contributed by atoms with E-state index >= 15 is 0 Å². The molecule has 0 aliphatic carbocycles. The maximum absolute atomic E-state index is 10.4. The number of nitrogens with two attached hydrogens (primary N) is 1. The van der Waals surface area contributed by atoms with Gasteiger partial charge in [0, 0.05) is 5.88 Å². The van der Waals surface area contributed by atoms with Crippen LogP contribution in [0.1, 0.15) is 10.5 Å². The Kier molecular flexibility index (Phi) is 1.11. The van der Waals surface area contributed by atoms with Crippen molar-refractivity contribution in [3.8, 4) is 5.88 Å². The third-order valence-corrected chi connectivity index (χ3v) is 0.851. The largest absolute Gasteiger partial charge is 0.857 e. The van der Waals surface area contributed by atoms with E-state index in [0.29, 0.717) is 0 Å². The Morgan fingerprint density at radius 1 is 1.89 bits per heavy atom. The lowest BCUT2D eigenvalue weighted by Crippen LogP contribution is -2.13. The molecule has 0 bridgehead atoms. The topological polar surface area (TPSA) is 94.8 Å². The van der Waals surface area contributed by atoms with Crippen LogP contribution in [0.15, 0.2) is 6.33 Å². The first-order valence-electron chi connectivity index (χ1n) is 2.22. The molecule has 0 saturated heterocycles. The zero-order chi connectivity index (χ0) is 6.85. The van der Waals surface area contributed by atoms with Gasteiger partial charge in [-0.05, 0) is 0 Å². The minimum absolute atomic E-state index is 0.171. The summed E-state index contributed by atoms with van der Waals surface area (Å²) in [5.41, 5.74) is 4.58. The summed E-state index contributed by atoms with van der Waals surface area (Å²) in [5.74, 6) is -1.39. The second kappa shape index (κ2) is 1.77.